The van der Waals surface area contributed by atoms with Crippen LogP contribution in [0.3, 0.4) is 0 Å². The molecule has 0 aromatic heterocycles. The molecule has 3 saturated carbocycles. The van der Waals surface area contributed by atoms with Gasteiger partial charge in [-0.1, -0.05) is 41.0 Å². The van der Waals surface area contributed by atoms with Gasteiger partial charge >= 0.3 is 7.12 Å². The van der Waals surface area contributed by atoms with Gasteiger partial charge in [0.1, 0.15) is 6.04 Å². The van der Waals surface area contributed by atoms with E-state index >= 15 is 0 Å². The summed E-state index contributed by atoms with van der Waals surface area (Å²) in [5, 5.41) is 9.20. The number of nitrogens with one attached hydrogen (secondary N) is 3. The highest BCUT2D eigenvalue weighted by atomic mass is 16.7. The number of rotatable bonds is 13. The largest absolute Gasteiger partial charge is 0.481 e. The molecule has 1 heterocycles. The smallest absolute Gasteiger partial charge is 0.404 e. The molecular weight excluding hydrogens is 469 g/mol. The van der Waals surface area contributed by atoms with Gasteiger partial charge in [0.05, 0.1) is 17.6 Å². The summed E-state index contributed by atoms with van der Waals surface area (Å²) in [6, 6.07) is -0.633. The number of aliphatic imine (C=N–C) groups is 1. The minimum atomic E-state index is -0.633. The molecule has 3 aliphatic carbocycles. The zero-order valence-electron chi connectivity index (χ0n) is 24.1. The lowest BCUT2D eigenvalue weighted by atomic mass is 9.43. The number of nitrogens with two attached hydrogens (primary N) is 1. The molecule has 210 valence electrons. The summed E-state index contributed by atoms with van der Waals surface area (Å²) in [6.07, 6.45) is 6.27. The molecule has 0 radical (unpaired) electrons. The molecule has 4 aliphatic rings. The Hall–Kier alpha value is -1.81. The second kappa shape index (κ2) is 12.4. The number of carbonyl (C=O) groups is 2. The zero-order chi connectivity index (χ0) is 27.4. The van der Waals surface area contributed by atoms with Crippen molar-refractivity contribution in [3.63, 3.8) is 0 Å². The van der Waals surface area contributed by atoms with Crippen molar-refractivity contribution in [1.29, 1.82) is 0 Å². The summed E-state index contributed by atoms with van der Waals surface area (Å²) in [7, 11) is 1.13. The van der Waals surface area contributed by atoms with Crippen molar-refractivity contribution >= 4 is 24.9 Å². The van der Waals surface area contributed by atoms with Gasteiger partial charge in [0.25, 0.3) is 0 Å². The summed E-state index contributed by atoms with van der Waals surface area (Å²) in [5.41, 5.74) is 5.65. The van der Waals surface area contributed by atoms with E-state index in [0.717, 1.165) is 25.7 Å². The van der Waals surface area contributed by atoms with E-state index in [0.29, 0.717) is 49.5 Å². The lowest BCUT2D eigenvalue weighted by molar-refractivity contribution is -0.199. The highest BCUT2D eigenvalue weighted by Gasteiger charge is 2.68. The molecule has 6 atom stereocenters. The minimum absolute atomic E-state index is 0.0575. The molecule has 5 N–H and O–H groups in total. The molecule has 9 nitrogen and oxygen atoms in total. The summed E-state index contributed by atoms with van der Waals surface area (Å²) in [4.78, 5) is 30.0. The van der Waals surface area contributed by atoms with Crippen LogP contribution in [0, 0.1) is 23.2 Å². The fraction of sp³-hybridized carbons (Fsp3) is 0.889. The molecule has 1 aliphatic heterocycles. The van der Waals surface area contributed by atoms with Gasteiger partial charge in [-0.25, -0.2) is 0 Å². The topological polar surface area (TPSA) is 127 Å². The van der Waals surface area contributed by atoms with E-state index in [4.69, 9.17) is 15.0 Å². The van der Waals surface area contributed by atoms with Gasteiger partial charge in [-0.05, 0) is 68.6 Å². The predicted molar refractivity (Wildman–Crippen MR) is 148 cm³/mol. The third-order valence-corrected chi connectivity index (χ3v) is 8.98. The Morgan fingerprint density at radius 2 is 1.89 bits per heavy atom. The number of guanidine groups is 1. The summed E-state index contributed by atoms with van der Waals surface area (Å²) < 4.78 is 13.2. The van der Waals surface area contributed by atoms with E-state index < -0.39 is 13.2 Å². The fourth-order valence-electron chi connectivity index (χ4n) is 6.57. The lowest BCUT2D eigenvalue weighted by Crippen LogP contribution is -2.65. The first kappa shape index (κ1) is 29.7. The van der Waals surface area contributed by atoms with Crippen molar-refractivity contribution in [2.24, 2.45) is 33.9 Å². The van der Waals surface area contributed by atoms with Crippen LogP contribution in [0.15, 0.2) is 4.99 Å². The Kier molecular flexibility index (Phi) is 9.94. The molecule has 2 bridgehead atoms. The predicted octanol–water partition coefficient (Wildman–Crippen LogP) is 2.77. The van der Waals surface area contributed by atoms with E-state index in [1.807, 2.05) is 6.92 Å². The molecule has 4 rings (SSSR count). The third kappa shape index (κ3) is 6.80. The number of carbonyl (C=O) groups excluding carboxylic acids is 2. The first-order chi connectivity index (χ1) is 17.4. The van der Waals surface area contributed by atoms with Crippen LogP contribution < -0.4 is 21.7 Å². The van der Waals surface area contributed by atoms with Crippen LogP contribution >= 0.6 is 0 Å². The van der Waals surface area contributed by atoms with Crippen LogP contribution in [0.4, 0.5) is 0 Å². The van der Waals surface area contributed by atoms with Crippen LogP contribution in [0.2, 0.25) is 0 Å². The van der Waals surface area contributed by atoms with Gasteiger partial charge in [0.15, 0.2) is 5.96 Å². The number of unbranched alkanes of at least 4 members (excludes halogenated alkanes) is 1. The minimum Gasteiger partial charge on any atom is -0.404 e. The maximum atomic E-state index is 13.5. The number of hydrogen-bond acceptors (Lipinski definition) is 5. The average molecular weight is 520 g/mol. The SMILES string of the molecule is CCCCC(=O)N[C@@H](CCCNC(N)=NC)C(=O)N[C@@H](CC(C)C)B1O[C@@H]2C[C@@H]3C[C@@H](C3(C)C)[C@]2(C)O1. The summed E-state index contributed by atoms with van der Waals surface area (Å²) in [6.45, 7) is 13.8. The molecule has 4 fully saturated rings. The second-order valence-electron chi connectivity index (χ2n) is 12.5. The second-order valence-corrected chi connectivity index (χ2v) is 12.5. The van der Waals surface area contributed by atoms with Gasteiger partial charge in [0.2, 0.25) is 11.8 Å². The first-order valence-electron chi connectivity index (χ1n) is 14.3. The van der Waals surface area contributed by atoms with Gasteiger partial charge in [-0.15, -0.1) is 0 Å². The molecule has 0 aromatic carbocycles. The lowest BCUT2D eigenvalue weighted by Gasteiger charge is -2.64. The first-order valence-corrected chi connectivity index (χ1v) is 14.3. The molecular formula is C27H50BN5O4. The quantitative estimate of drug-likeness (QED) is 0.128. The maximum Gasteiger partial charge on any atom is 0.481 e. The van der Waals surface area contributed by atoms with Gasteiger partial charge in [-0.2, -0.15) is 0 Å². The van der Waals surface area contributed by atoms with Crippen molar-refractivity contribution in [3.8, 4) is 0 Å². The normalized spacial score (nSPS) is 29.8. The summed E-state index contributed by atoms with van der Waals surface area (Å²) in [5.74, 6) is 1.25. The Bertz CT molecular complexity index is 838. The summed E-state index contributed by atoms with van der Waals surface area (Å²) >= 11 is 0. The standard InChI is InChI=1S/C27H50BN5O4/c1-8-9-12-23(34)32-19(11-10-13-31-25(29)30-7)24(35)33-22(14-17(2)3)28-36-21-16-18-15-20(26(18,4)5)27(21,6)37-28/h17-22H,8-16H2,1-7H3,(H,32,34)(H,33,35)(H3,29,30,31)/t18-,19-,20-,21+,22-,27-/m0/s1. The molecule has 2 amide bonds. The monoisotopic (exact) mass is 519 g/mol. The Balaban J connectivity index is 1.68. The van der Waals surface area contributed by atoms with Crippen molar-refractivity contribution in [2.75, 3.05) is 13.6 Å². The van der Waals surface area contributed by atoms with E-state index in [-0.39, 0.29) is 34.9 Å². The zero-order valence-corrected chi connectivity index (χ0v) is 24.1. The van der Waals surface area contributed by atoms with E-state index in [1.54, 1.807) is 7.05 Å². The van der Waals surface area contributed by atoms with Crippen molar-refractivity contribution in [3.05, 3.63) is 0 Å². The maximum absolute atomic E-state index is 13.5. The molecule has 0 aromatic rings. The van der Waals surface area contributed by atoms with E-state index in [9.17, 15) is 9.59 Å². The van der Waals surface area contributed by atoms with Crippen LogP contribution in [-0.2, 0) is 18.9 Å². The van der Waals surface area contributed by atoms with Gasteiger partial charge < -0.3 is 31.0 Å². The number of hydrogen-bond donors (Lipinski definition) is 4. The van der Waals surface area contributed by atoms with Crippen LogP contribution in [0.25, 0.3) is 0 Å². The van der Waals surface area contributed by atoms with E-state index in [2.05, 4.69) is 55.6 Å². The number of amides is 2. The van der Waals surface area contributed by atoms with Crippen LogP contribution in [0.1, 0.15) is 92.9 Å². The molecule has 0 unspecified atom stereocenters. The van der Waals surface area contributed by atoms with Crippen molar-refractivity contribution in [1.82, 2.24) is 16.0 Å². The molecule has 10 heteroatoms. The van der Waals surface area contributed by atoms with Crippen molar-refractivity contribution in [2.45, 2.75) is 117 Å². The molecule has 1 saturated heterocycles. The highest BCUT2D eigenvalue weighted by Crippen LogP contribution is 2.65. The molecule has 0 spiro atoms. The van der Waals surface area contributed by atoms with Gasteiger partial charge in [-0.3, -0.25) is 14.6 Å². The van der Waals surface area contributed by atoms with Gasteiger partial charge in [0, 0.05) is 20.0 Å². The van der Waals surface area contributed by atoms with Crippen LogP contribution in [0.5, 0.6) is 0 Å². The van der Waals surface area contributed by atoms with Crippen molar-refractivity contribution < 1.29 is 18.9 Å². The number of nitrogens with zero attached hydrogens (tertiary/aromatic N) is 1. The Labute approximate surface area is 224 Å². The third-order valence-electron chi connectivity index (χ3n) is 8.98. The Morgan fingerprint density at radius 1 is 1.16 bits per heavy atom. The average Bonchev–Trinajstić information content (AvgIpc) is 3.20. The fourth-order valence-corrected chi connectivity index (χ4v) is 6.57. The highest BCUT2D eigenvalue weighted by molar-refractivity contribution is 6.47. The van der Waals surface area contributed by atoms with Crippen LogP contribution in [-0.4, -0.2) is 62.2 Å². The van der Waals surface area contributed by atoms with E-state index in [1.165, 1.54) is 6.42 Å². The molecule has 37 heavy (non-hydrogen) atoms. The Morgan fingerprint density at radius 3 is 2.51 bits per heavy atom.